The predicted molar refractivity (Wildman–Crippen MR) is 102 cm³/mol. The third-order valence-corrected chi connectivity index (χ3v) is 3.67. The Hall–Kier alpha value is -2.34. The standard InChI is InChI=1S/C14H11N3O2S.2C2H6/c1-20-14-15-12-4-2-3-5-13(12)16(14)10-6-8-11(9-7-10)17(18)19;2*1-2/h2-9H,1H3;2*1-2H3. The highest BCUT2D eigenvalue weighted by molar-refractivity contribution is 7.98. The first-order chi connectivity index (χ1) is 11.7. The van der Waals surface area contributed by atoms with Gasteiger partial charge in [-0.2, -0.15) is 0 Å². The summed E-state index contributed by atoms with van der Waals surface area (Å²) >= 11 is 1.54. The minimum atomic E-state index is -0.398. The van der Waals surface area contributed by atoms with Crippen LogP contribution in [0.25, 0.3) is 16.7 Å². The van der Waals surface area contributed by atoms with Gasteiger partial charge in [0.05, 0.1) is 16.0 Å². The van der Waals surface area contributed by atoms with Gasteiger partial charge in [0, 0.05) is 17.8 Å². The molecule has 0 radical (unpaired) electrons. The van der Waals surface area contributed by atoms with E-state index in [-0.39, 0.29) is 5.69 Å². The monoisotopic (exact) mass is 345 g/mol. The van der Waals surface area contributed by atoms with Crippen LogP contribution in [0.3, 0.4) is 0 Å². The number of rotatable bonds is 3. The minimum absolute atomic E-state index is 0.0869. The van der Waals surface area contributed by atoms with Gasteiger partial charge in [-0.25, -0.2) is 4.98 Å². The van der Waals surface area contributed by atoms with Crippen LogP contribution in [0.4, 0.5) is 5.69 Å². The van der Waals surface area contributed by atoms with Crippen molar-refractivity contribution in [2.45, 2.75) is 32.9 Å². The maximum Gasteiger partial charge on any atom is 0.269 e. The zero-order valence-corrected chi connectivity index (χ0v) is 15.5. The number of nitro benzene ring substituents is 1. The second kappa shape index (κ2) is 9.72. The lowest BCUT2D eigenvalue weighted by atomic mass is 10.2. The summed E-state index contributed by atoms with van der Waals surface area (Å²) in [4.78, 5) is 14.9. The third kappa shape index (κ3) is 4.14. The fraction of sp³-hybridized carbons (Fsp3) is 0.278. The molecule has 1 aromatic heterocycles. The highest BCUT2D eigenvalue weighted by Crippen LogP contribution is 2.27. The van der Waals surface area contributed by atoms with Gasteiger partial charge in [-0.05, 0) is 30.5 Å². The third-order valence-electron chi connectivity index (χ3n) is 3.03. The van der Waals surface area contributed by atoms with Gasteiger partial charge in [-0.3, -0.25) is 14.7 Å². The number of hydrogen-bond donors (Lipinski definition) is 0. The average Bonchev–Trinajstić information content (AvgIpc) is 3.03. The van der Waals surface area contributed by atoms with Crippen molar-refractivity contribution in [2.24, 2.45) is 0 Å². The molecule has 24 heavy (non-hydrogen) atoms. The first kappa shape index (κ1) is 19.7. The number of para-hydroxylation sites is 2. The minimum Gasteiger partial charge on any atom is -0.287 e. The van der Waals surface area contributed by atoms with Gasteiger partial charge >= 0.3 is 0 Å². The van der Waals surface area contributed by atoms with E-state index in [1.54, 1.807) is 23.9 Å². The smallest absolute Gasteiger partial charge is 0.269 e. The van der Waals surface area contributed by atoms with Crippen LogP contribution in [0, 0.1) is 10.1 Å². The van der Waals surface area contributed by atoms with E-state index in [4.69, 9.17) is 0 Å². The van der Waals surface area contributed by atoms with Crippen LogP contribution in [0.2, 0.25) is 0 Å². The summed E-state index contributed by atoms with van der Waals surface area (Å²) in [6, 6.07) is 14.3. The first-order valence-electron chi connectivity index (χ1n) is 7.97. The van der Waals surface area contributed by atoms with Crippen molar-refractivity contribution in [1.29, 1.82) is 0 Å². The van der Waals surface area contributed by atoms with Crippen LogP contribution in [0.5, 0.6) is 0 Å². The van der Waals surface area contributed by atoms with Crippen molar-refractivity contribution < 1.29 is 4.92 Å². The molecule has 128 valence electrons. The van der Waals surface area contributed by atoms with E-state index in [1.165, 1.54) is 12.1 Å². The number of nitrogens with zero attached hydrogens (tertiary/aromatic N) is 3. The summed E-state index contributed by atoms with van der Waals surface area (Å²) in [5.74, 6) is 0. The van der Waals surface area contributed by atoms with Gasteiger partial charge in [-0.15, -0.1) is 0 Å². The molecule has 0 spiro atoms. The second-order valence-electron chi connectivity index (χ2n) is 4.20. The molecule has 3 rings (SSSR count). The Balaban J connectivity index is 0.000000671. The first-order valence-corrected chi connectivity index (χ1v) is 9.19. The summed E-state index contributed by atoms with van der Waals surface area (Å²) in [6.45, 7) is 8.00. The molecule has 0 N–H and O–H groups in total. The molecule has 2 aromatic carbocycles. The van der Waals surface area contributed by atoms with Gasteiger partial charge in [0.1, 0.15) is 0 Å². The summed E-state index contributed by atoms with van der Waals surface area (Å²) in [6.07, 6.45) is 1.96. The lowest BCUT2D eigenvalue weighted by molar-refractivity contribution is -0.384. The van der Waals surface area contributed by atoms with Crippen molar-refractivity contribution in [3.05, 3.63) is 58.6 Å². The van der Waals surface area contributed by atoms with Gasteiger partial charge in [-0.1, -0.05) is 51.6 Å². The molecule has 0 saturated heterocycles. The number of aromatic nitrogens is 2. The second-order valence-corrected chi connectivity index (χ2v) is 4.97. The van der Waals surface area contributed by atoms with Gasteiger partial charge in [0.25, 0.3) is 5.69 Å². The largest absolute Gasteiger partial charge is 0.287 e. The van der Waals surface area contributed by atoms with Crippen molar-refractivity contribution in [1.82, 2.24) is 9.55 Å². The fourth-order valence-electron chi connectivity index (χ4n) is 2.11. The summed E-state index contributed by atoms with van der Waals surface area (Å²) in [7, 11) is 0. The highest BCUT2D eigenvalue weighted by atomic mass is 32.2. The molecule has 0 aliphatic heterocycles. The summed E-state index contributed by atoms with van der Waals surface area (Å²) in [5, 5.41) is 11.6. The van der Waals surface area contributed by atoms with Crippen LogP contribution in [0.1, 0.15) is 27.7 Å². The number of fused-ring (bicyclic) bond motifs is 1. The maximum absolute atomic E-state index is 10.7. The van der Waals surface area contributed by atoms with Crippen molar-refractivity contribution in [3.8, 4) is 5.69 Å². The Morgan fingerprint density at radius 3 is 2.12 bits per heavy atom. The van der Waals surface area contributed by atoms with Gasteiger partial charge in [0.15, 0.2) is 5.16 Å². The molecule has 0 unspecified atom stereocenters. The lowest BCUT2D eigenvalue weighted by Crippen LogP contribution is -1.96. The van der Waals surface area contributed by atoms with Crippen LogP contribution >= 0.6 is 11.8 Å². The number of non-ortho nitro benzene ring substituents is 1. The Morgan fingerprint density at radius 1 is 1.00 bits per heavy atom. The Morgan fingerprint density at radius 2 is 1.58 bits per heavy atom. The topological polar surface area (TPSA) is 61.0 Å². The van der Waals surface area contributed by atoms with Gasteiger partial charge < -0.3 is 0 Å². The van der Waals surface area contributed by atoms with E-state index in [9.17, 15) is 10.1 Å². The maximum atomic E-state index is 10.7. The molecule has 0 fully saturated rings. The zero-order valence-electron chi connectivity index (χ0n) is 14.7. The summed E-state index contributed by atoms with van der Waals surface area (Å²) < 4.78 is 2.00. The van der Waals surface area contributed by atoms with E-state index >= 15 is 0 Å². The Labute approximate surface area is 146 Å². The normalized spacial score (nSPS) is 9.54. The van der Waals surface area contributed by atoms with E-state index < -0.39 is 4.92 Å². The quantitative estimate of drug-likeness (QED) is 0.346. The van der Waals surface area contributed by atoms with E-state index in [0.29, 0.717) is 0 Å². The molecule has 0 atom stereocenters. The molecule has 3 aromatic rings. The van der Waals surface area contributed by atoms with Crippen LogP contribution in [0.15, 0.2) is 53.7 Å². The number of hydrogen-bond acceptors (Lipinski definition) is 4. The van der Waals surface area contributed by atoms with Crippen molar-refractivity contribution in [2.75, 3.05) is 6.26 Å². The lowest BCUT2D eigenvalue weighted by Gasteiger charge is -2.07. The van der Waals surface area contributed by atoms with E-state index in [1.807, 2.05) is 62.8 Å². The molecule has 0 aliphatic rings. The average molecular weight is 345 g/mol. The zero-order chi connectivity index (χ0) is 18.1. The van der Waals surface area contributed by atoms with Crippen LogP contribution in [-0.2, 0) is 0 Å². The SMILES string of the molecule is CC.CC.CSc1nc2ccccc2n1-c1ccc([N+](=O)[O-])cc1. The molecular formula is C18H23N3O2S. The van der Waals surface area contributed by atoms with Crippen molar-refractivity contribution in [3.63, 3.8) is 0 Å². The number of benzene rings is 2. The number of nitro groups is 1. The number of thioether (sulfide) groups is 1. The summed E-state index contributed by atoms with van der Waals surface area (Å²) in [5.41, 5.74) is 2.86. The highest BCUT2D eigenvalue weighted by Gasteiger charge is 2.12. The van der Waals surface area contributed by atoms with E-state index in [2.05, 4.69) is 4.98 Å². The molecule has 5 nitrogen and oxygen atoms in total. The predicted octanol–water partition coefficient (Wildman–Crippen LogP) is 5.71. The van der Waals surface area contributed by atoms with E-state index in [0.717, 1.165) is 21.9 Å². The molecular weight excluding hydrogens is 322 g/mol. The molecule has 0 saturated carbocycles. The number of imidazole rings is 1. The van der Waals surface area contributed by atoms with Crippen LogP contribution in [-0.4, -0.2) is 20.7 Å². The van der Waals surface area contributed by atoms with Crippen LogP contribution < -0.4 is 0 Å². The van der Waals surface area contributed by atoms with Crippen molar-refractivity contribution >= 4 is 28.5 Å². The molecule has 1 heterocycles. The molecule has 0 amide bonds. The van der Waals surface area contributed by atoms with Gasteiger partial charge in [0.2, 0.25) is 0 Å². The Bertz CT molecular complexity index is 783. The molecule has 0 bridgehead atoms. The Kier molecular flexibility index (Phi) is 7.98. The molecule has 0 aliphatic carbocycles. The molecule has 6 heteroatoms. The fourth-order valence-corrected chi connectivity index (χ4v) is 2.69.